The van der Waals surface area contributed by atoms with Gasteiger partial charge in [0.2, 0.25) is 11.8 Å². The molecule has 15 heteroatoms. The molecule has 4 heterocycles. The molecule has 0 bridgehead atoms. The van der Waals surface area contributed by atoms with E-state index in [-0.39, 0.29) is 43.5 Å². The van der Waals surface area contributed by atoms with Gasteiger partial charge in [0.05, 0.1) is 13.2 Å². The standard InChI is InChI=1S/C41H53N7O8/c42-22-29-7-4-8-30(21-29)23-45-38(49)32-11-16-47(17-12-32)40(51)55-27-35-37(54-26-28-5-2-1-3-6-28)34(15-20-53-35)56-41(52)48-18-13-33(14-19-48)39(50)46-25-31-9-10-36(43)44-24-31/h1-10,21,24,32-35,37H,11-20,22-23,25-27,42H2,(H2,43,44)(H,45,49)(H,46,50)/t34-,35-,37+/m1/s1. The lowest BCUT2D eigenvalue weighted by molar-refractivity contribution is -0.178. The quantitative estimate of drug-likeness (QED) is 0.198. The largest absolute Gasteiger partial charge is 0.447 e. The van der Waals surface area contributed by atoms with Gasteiger partial charge in [0.15, 0.2) is 0 Å². The Kier molecular flexibility index (Phi) is 14.5. The van der Waals surface area contributed by atoms with Crippen LogP contribution in [0.1, 0.15) is 54.4 Å². The van der Waals surface area contributed by atoms with Crippen LogP contribution in [0.4, 0.5) is 15.4 Å². The number of nitrogens with zero attached hydrogens (tertiary/aromatic N) is 3. The van der Waals surface area contributed by atoms with Gasteiger partial charge in [-0.2, -0.15) is 0 Å². The topological polar surface area (TPSA) is 201 Å². The number of carbonyl (C=O) groups is 4. The minimum Gasteiger partial charge on any atom is -0.447 e. The van der Waals surface area contributed by atoms with Gasteiger partial charge < -0.3 is 50.8 Å². The maximum absolute atomic E-state index is 13.5. The van der Waals surface area contributed by atoms with Crippen molar-refractivity contribution in [2.75, 3.05) is 45.1 Å². The van der Waals surface area contributed by atoms with Gasteiger partial charge in [0.1, 0.15) is 30.7 Å². The molecule has 56 heavy (non-hydrogen) atoms. The molecule has 3 atom stereocenters. The Morgan fingerprint density at radius 2 is 1.38 bits per heavy atom. The fourth-order valence-electron chi connectivity index (χ4n) is 7.26. The Morgan fingerprint density at radius 3 is 2.02 bits per heavy atom. The summed E-state index contributed by atoms with van der Waals surface area (Å²) in [6.45, 7) is 3.17. The lowest BCUT2D eigenvalue weighted by Crippen LogP contribution is -2.52. The van der Waals surface area contributed by atoms with Crippen LogP contribution in [0.2, 0.25) is 0 Å². The Balaban J connectivity index is 0.972. The van der Waals surface area contributed by atoms with Gasteiger partial charge in [-0.25, -0.2) is 14.6 Å². The van der Waals surface area contributed by atoms with E-state index in [2.05, 4.69) is 15.6 Å². The average molecular weight is 772 g/mol. The summed E-state index contributed by atoms with van der Waals surface area (Å²) in [5.74, 6) is -0.115. The van der Waals surface area contributed by atoms with E-state index in [4.69, 9.17) is 30.4 Å². The summed E-state index contributed by atoms with van der Waals surface area (Å²) >= 11 is 0. The van der Waals surface area contributed by atoms with Crippen LogP contribution in [0.3, 0.4) is 0 Å². The predicted molar refractivity (Wildman–Crippen MR) is 206 cm³/mol. The number of hydrogen-bond donors (Lipinski definition) is 4. The minimum atomic E-state index is -0.702. The zero-order valence-electron chi connectivity index (χ0n) is 31.7. The summed E-state index contributed by atoms with van der Waals surface area (Å²) in [7, 11) is 0. The second-order valence-electron chi connectivity index (χ2n) is 14.5. The first kappa shape index (κ1) is 40.4. The van der Waals surface area contributed by atoms with Crippen molar-refractivity contribution >= 4 is 29.8 Å². The average Bonchev–Trinajstić information content (AvgIpc) is 3.24. The third kappa shape index (κ3) is 11.4. The van der Waals surface area contributed by atoms with Crippen LogP contribution in [0, 0.1) is 11.8 Å². The zero-order chi connectivity index (χ0) is 39.3. The number of carbonyl (C=O) groups excluding carboxylic acids is 4. The molecule has 3 fully saturated rings. The fraction of sp³-hybridized carbons (Fsp3) is 0.488. The fourth-order valence-corrected chi connectivity index (χ4v) is 7.26. The molecule has 0 aliphatic carbocycles. The second-order valence-corrected chi connectivity index (χ2v) is 14.5. The van der Waals surface area contributed by atoms with E-state index in [9.17, 15) is 19.2 Å². The molecule has 3 aliphatic heterocycles. The number of hydrogen-bond acceptors (Lipinski definition) is 11. The second kappa shape index (κ2) is 20.1. The molecule has 0 saturated carbocycles. The van der Waals surface area contributed by atoms with Gasteiger partial charge in [-0.05, 0) is 54.0 Å². The van der Waals surface area contributed by atoms with E-state index >= 15 is 0 Å². The third-order valence-electron chi connectivity index (χ3n) is 10.6. The van der Waals surface area contributed by atoms with Gasteiger partial charge >= 0.3 is 12.2 Å². The lowest BCUT2D eigenvalue weighted by Gasteiger charge is -2.39. The van der Waals surface area contributed by atoms with E-state index < -0.39 is 30.5 Å². The molecule has 6 N–H and O–H groups in total. The molecule has 3 saturated heterocycles. The normalized spacial score (nSPS) is 20.6. The number of rotatable bonds is 13. The SMILES string of the molecule is NCc1cccc(CNC(=O)C2CCN(C(=O)OC[C@H]3OCC[C@@H](OC(=O)N4CCC(C(=O)NCc5ccc(N)nc5)CC4)[C@@H]3OCc3ccccc3)CC2)c1. The number of benzene rings is 2. The molecule has 0 unspecified atom stereocenters. The maximum Gasteiger partial charge on any atom is 0.410 e. The van der Waals surface area contributed by atoms with Crippen molar-refractivity contribution in [2.24, 2.45) is 17.6 Å². The number of nitrogens with one attached hydrogen (secondary N) is 2. The molecule has 3 aliphatic rings. The maximum atomic E-state index is 13.5. The summed E-state index contributed by atoms with van der Waals surface area (Å²) < 4.78 is 24.2. The highest BCUT2D eigenvalue weighted by molar-refractivity contribution is 5.79. The number of nitrogen functional groups attached to an aromatic ring is 1. The molecule has 15 nitrogen and oxygen atoms in total. The Bertz CT molecular complexity index is 1750. The molecule has 2 aromatic carbocycles. The third-order valence-corrected chi connectivity index (χ3v) is 10.6. The lowest BCUT2D eigenvalue weighted by atomic mass is 9.96. The van der Waals surface area contributed by atoms with Gasteiger partial charge in [-0.15, -0.1) is 0 Å². The summed E-state index contributed by atoms with van der Waals surface area (Å²) in [5.41, 5.74) is 15.2. The highest BCUT2D eigenvalue weighted by Gasteiger charge is 2.40. The van der Waals surface area contributed by atoms with Crippen molar-refractivity contribution in [3.63, 3.8) is 0 Å². The summed E-state index contributed by atoms with van der Waals surface area (Å²) in [6, 6.07) is 21.0. The first-order chi connectivity index (χ1) is 27.2. The Labute approximate surface area is 327 Å². The monoisotopic (exact) mass is 771 g/mol. The number of amides is 4. The van der Waals surface area contributed by atoms with E-state index in [1.807, 2.05) is 60.7 Å². The van der Waals surface area contributed by atoms with E-state index in [1.165, 1.54) is 0 Å². The number of aromatic nitrogens is 1. The molecular weight excluding hydrogens is 718 g/mol. The van der Waals surface area contributed by atoms with Gasteiger partial charge in [-0.1, -0.05) is 60.7 Å². The number of ether oxygens (including phenoxy) is 4. The number of nitrogens with two attached hydrogens (primary N) is 2. The van der Waals surface area contributed by atoms with E-state index in [1.54, 1.807) is 22.1 Å². The van der Waals surface area contributed by atoms with Crippen molar-refractivity contribution in [1.29, 1.82) is 0 Å². The highest BCUT2D eigenvalue weighted by atomic mass is 16.6. The zero-order valence-corrected chi connectivity index (χ0v) is 31.7. The van der Waals surface area contributed by atoms with Crippen molar-refractivity contribution < 1.29 is 38.1 Å². The molecule has 0 radical (unpaired) electrons. The van der Waals surface area contributed by atoms with Crippen LogP contribution >= 0.6 is 0 Å². The number of anilines is 1. The van der Waals surface area contributed by atoms with E-state index in [0.717, 1.165) is 22.3 Å². The Hall–Kier alpha value is -5.25. The molecule has 6 rings (SSSR count). The van der Waals surface area contributed by atoms with Crippen LogP contribution < -0.4 is 22.1 Å². The first-order valence-corrected chi connectivity index (χ1v) is 19.4. The van der Waals surface area contributed by atoms with Gasteiger partial charge in [0, 0.05) is 70.3 Å². The van der Waals surface area contributed by atoms with E-state index in [0.29, 0.717) is 83.7 Å². The van der Waals surface area contributed by atoms with Crippen LogP contribution in [-0.2, 0) is 54.8 Å². The van der Waals surface area contributed by atoms with Crippen LogP contribution in [-0.4, -0.2) is 96.5 Å². The highest BCUT2D eigenvalue weighted by Crippen LogP contribution is 2.26. The summed E-state index contributed by atoms with van der Waals surface area (Å²) in [4.78, 5) is 59.7. The van der Waals surface area contributed by atoms with Crippen LogP contribution in [0.25, 0.3) is 0 Å². The molecular formula is C41H53N7O8. The predicted octanol–water partition coefficient (Wildman–Crippen LogP) is 3.50. The summed E-state index contributed by atoms with van der Waals surface area (Å²) in [5, 5.41) is 5.96. The van der Waals surface area contributed by atoms with Crippen LogP contribution in [0.15, 0.2) is 72.9 Å². The van der Waals surface area contributed by atoms with Crippen molar-refractivity contribution in [2.45, 2.75) is 76.7 Å². The minimum absolute atomic E-state index is 0.0379. The molecule has 3 aromatic rings. The van der Waals surface area contributed by atoms with Crippen LogP contribution in [0.5, 0.6) is 0 Å². The first-order valence-electron chi connectivity index (χ1n) is 19.4. The van der Waals surface area contributed by atoms with Crippen molar-refractivity contribution in [1.82, 2.24) is 25.4 Å². The molecule has 0 spiro atoms. The van der Waals surface area contributed by atoms with Gasteiger partial charge in [-0.3, -0.25) is 9.59 Å². The number of pyridine rings is 1. The summed E-state index contributed by atoms with van der Waals surface area (Å²) in [6.07, 6.45) is 1.09. The number of piperidine rings is 2. The van der Waals surface area contributed by atoms with Crippen molar-refractivity contribution in [3.8, 4) is 0 Å². The molecule has 4 amide bonds. The van der Waals surface area contributed by atoms with Gasteiger partial charge in [0.25, 0.3) is 0 Å². The smallest absolute Gasteiger partial charge is 0.410 e. The molecule has 300 valence electrons. The van der Waals surface area contributed by atoms with Crippen molar-refractivity contribution in [3.05, 3.63) is 95.2 Å². The number of likely N-dealkylation sites (tertiary alicyclic amines) is 2. The molecule has 1 aromatic heterocycles. The Morgan fingerprint density at radius 1 is 0.750 bits per heavy atom.